The van der Waals surface area contributed by atoms with Crippen LogP contribution in [0.5, 0.6) is 0 Å². The molecular formula is C10H16N2S. The van der Waals surface area contributed by atoms with E-state index in [0.717, 1.165) is 19.5 Å². The maximum absolute atomic E-state index is 4.62. The van der Waals surface area contributed by atoms with Gasteiger partial charge in [0.25, 0.3) is 0 Å². The average Bonchev–Trinajstić information content (AvgIpc) is 2.58. The molecule has 0 unspecified atom stereocenters. The van der Waals surface area contributed by atoms with Crippen molar-refractivity contribution in [1.82, 2.24) is 9.88 Å². The topological polar surface area (TPSA) is 16.1 Å². The highest BCUT2D eigenvalue weighted by atomic mass is 32.1. The smallest absolute Gasteiger partial charge is 0.0929 e. The number of nitrogens with zero attached hydrogens (tertiary/aromatic N) is 2. The van der Waals surface area contributed by atoms with E-state index in [1.54, 1.807) is 0 Å². The number of thiazole rings is 1. The highest BCUT2D eigenvalue weighted by molar-refractivity contribution is 7.11. The van der Waals surface area contributed by atoms with Crippen LogP contribution in [0.25, 0.3) is 0 Å². The summed E-state index contributed by atoms with van der Waals surface area (Å²) in [7, 11) is 0. The summed E-state index contributed by atoms with van der Waals surface area (Å²) in [6, 6.07) is 0.645. The molecule has 0 bridgehead atoms. The highest BCUT2D eigenvalue weighted by Crippen LogP contribution is 2.29. The predicted octanol–water partition coefficient (Wildman–Crippen LogP) is 2.43. The van der Waals surface area contributed by atoms with Crippen LogP contribution in [0.2, 0.25) is 0 Å². The van der Waals surface area contributed by atoms with Crippen molar-refractivity contribution in [3.63, 3.8) is 0 Å². The van der Waals surface area contributed by atoms with Gasteiger partial charge in [0.1, 0.15) is 0 Å². The zero-order valence-electron chi connectivity index (χ0n) is 8.50. The minimum absolute atomic E-state index is 0.645. The van der Waals surface area contributed by atoms with Crippen LogP contribution < -0.4 is 0 Å². The number of aromatic nitrogens is 1. The van der Waals surface area contributed by atoms with E-state index in [4.69, 9.17) is 0 Å². The Morgan fingerprint density at radius 1 is 1.46 bits per heavy atom. The van der Waals surface area contributed by atoms with Gasteiger partial charge in [-0.05, 0) is 20.3 Å². The summed E-state index contributed by atoms with van der Waals surface area (Å²) >= 11 is 1.89. The molecule has 0 aromatic carbocycles. The number of rotatable bonds is 2. The second kappa shape index (κ2) is 3.39. The molecule has 2 nitrogen and oxygen atoms in total. The largest absolute Gasteiger partial charge is 0.290 e. The normalized spacial score (nSPS) is 16.9. The highest BCUT2D eigenvalue weighted by Gasteiger charge is 2.24. The number of fused-ring (bicyclic) bond motifs is 1. The van der Waals surface area contributed by atoms with E-state index in [1.807, 2.05) is 11.3 Å². The molecule has 0 fully saturated rings. The Morgan fingerprint density at radius 3 is 2.77 bits per heavy atom. The van der Waals surface area contributed by atoms with Crippen LogP contribution in [-0.2, 0) is 19.5 Å². The zero-order valence-corrected chi connectivity index (χ0v) is 9.32. The van der Waals surface area contributed by atoms with Gasteiger partial charge in [0.05, 0.1) is 10.7 Å². The van der Waals surface area contributed by atoms with Crippen molar-refractivity contribution in [2.75, 3.05) is 0 Å². The quantitative estimate of drug-likeness (QED) is 0.722. The molecule has 0 atom stereocenters. The van der Waals surface area contributed by atoms with Crippen molar-refractivity contribution >= 4 is 11.3 Å². The molecule has 3 heteroatoms. The van der Waals surface area contributed by atoms with Crippen molar-refractivity contribution in [1.29, 1.82) is 0 Å². The summed E-state index contributed by atoms with van der Waals surface area (Å²) < 4.78 is 0. The molecule has 0 spiro atoms. The lowest BCUT2D eigenvalue weighted by Gasteiger charge is -2.18. The van der Waals surface area contributed by atoms with Crippen LogP contribution in [0.3, 0.4) is 0 Å². The van der Waals surface area contributed by atoms with Gasteiger partial charge in [-0.3, -0.25) is 4.90 Å². The van der Waals surface area contributed by atoms with Gasteiger partial charge in [0.2, 0.25) is 0 Å². The Morgan fingerprint density at radius 2 is 2.23 bits per heavy atom. The van der Waals surface area contributed by atoms with Crippen LogP contribution in [0, 0.1) is 0 Å². The first kappa shape index (κ1) is 9.16. The van der Waals surface area contributed by atoms with E-state index < -0.39 is 0 Å². The summed E-state index contributed by atoms with van der Waals surface area (Å²) in [5.74, 6) is 0. The van der Waals surface area contributed by atoms with Crippen LogP contribution in [0.4, 0.5) is 0 Å². The molecule has 13 heavy (non-hydrogen) atoms. The Kier molecular flexibility index (Phi) is 2.39. The predicted molar refractivity (Wildman–Crippen MR) is 55.9 cm³/mol. The second-order valence-electron chi connectivity index (χ2n) is 3.83. The van der Waals surface area contributed by atoms with Crippen molar-refractivity contribution in [2.24, 2.45) is 0 Å². The van der Waals surface area contributed by atoms with Gasteiger partial charge in [-0.1, -0.05) is 6.92 Å². The lowest BCUT2D eigenvalue weighted by Crippen LogP contribution is -2.24. The monoisotopic (exact) mass is 196 g/mol. The zero-order chi connectivity index (χ0) is 9.42. The molecule has 1 aliphatic heterocycles. The van der Waals surface area contributed by atoms with E-state index in [-0.39, 0.29) is 0 Å². The SMILES string of the molecule is CCc1nc2c(s1)CN(C(C)C)C2. The Hall–Kier alpha value is -0.410. The minimum atomic E-state index is 0.645. The van der Waals surface area contributed by atoms with E-state index in [9.17, 15) is 0 Å². The molecule has 2 rings (SSSR count). The molecule has 0 radical (unpaired) electrons. The third-order valence-electron chi connectivity index (χ3n) is 2.55. The lowest BCUT2D eigenvalue weighted by molar-refractivity contribution is 0.226. The first-order chi connectivity index (χ1) is 6.20. The summed E-state index contributed by atoms with van der Waals surface area (Å²) in [6.07, 6.45) is 1.08. The molecule has 2 heterocycles. The van der Waals surface area contributed by atoms with Crippen LogP contribution in [0.1, 0.15) is 36.3 Å². The number of hydrogen-bond acceptors (Lipinski definition) is 3. The van der Waals surface area contributed by atoms with Crippen LogP contribution in [-0.4, -0.2) is 15.9 Å². The Labute approximate surface area is 83.6 Å². The Bertz CT molecular complexity index is 280. The van der Waals surface area contributed by atoms with Gasteiger partial charge >= 0.3 is 0 Å². The minimum Gasteiger partial charge on any atom is -0.290 e. The number of hydrogen-bond donors (Lipinski definition) is 0. The first-order valence-electron chi connectivity index (χ1n) is 4.92. The fourth-order valence-electron chi connectivity index (χ4n) is 1.63. The summed E-state index contributed by atoms with van der Waals surface area (Å²) in [5, 5.41) is 1.30. The van der Waals surface area contributed by atoms with Crippen LogP contribution in [0.15, 0.2) is 0 Å². The molecule has 0 amide bonds. The number of aryl methyl sites for hydroxylation is 1. The van der Waals surface area contributed by atoms with E-state index in [2.05, 4.69) is 30.7 Å². The van der Waals surface area contributed by atoms with Gasteiger partial charge in [0.15, 0.2) is 0 Å². The molecule has 1 aromatic heterocycles. The molecule has 1 aromatic rings. The van der Waals surface area contributed by atoms with Crippen molar-refractivity contribution in [3.8, 4) is 0 Å². The summed E-state index contributed by atoms with van der Waals surface area (Å²) in [5.41, 5.74) is 1.33. The van der Waals surface area contributed by atoms with Gasteiger partial charge in [-0.25, -0.2) is 4.98 Å². The third-order valence-corrected chi connectivity index (χ3v) is 3.78. The molecule has 0 N–H and O–H groups in total. The van der Waals surface area contributed by atoms with E-state index >= 15 is 0 Å². The standard InChI is InChI=1S/C10H16N2S/c1-4-10-11-8-5-12(7(2)3)6-9(8)13-10/h7H,4-6H2,1-3H3. The van der Waals surface area contributed by atoms with Crippen LogP contribution >= 0.6 is 11.3 Å². The average molecular weight is 196 g/mol. The van der Waals surface area contributed by atoms with Gasteiger partial charge in [-0.2, -0.15) is 0 Å². The Balaban J connectivity index is 2.15. The van der Waals surface area contributed by atoms with Gasteiger partial charge in [0, 0.05) is 24.0 Å². The molecule has 0 saturated heterocycles. The molecule has 72 valence electrons. The maximum Gasteiger partial charge on any atom is 0.0929 e. The molecule has 0 saturated carbocycles. The summed E-state index contributed by atoms with van der Waals surface area (Å²) in [6.45, 7) is 8.84. The van der Waals surface area contributed by atoms with Gasteiger partial charge < -0.3 is 0 Å². The van der Waals surface area contributed by atoms with E-state index in [0.29, 0.717) is 6.04 Å². The fraction of sp³-hybridized carbons (Fsp3) is 0.700. The fourth-order valence-corrected chi connectivity index (χ4v) is 2.68. The summed E-state index contributed by atoms with van der Waals surface area (Å²) in [4.78, 5) is 8.58. The maximum atomic E-state index is 4.62. The molecule has 1 aliphatic rings. The van der Waals surface area contributed by atoms with E-state index in [1.165, 1.54) is 15.6 Å². The van der Waals surface area contributed by atoms with Crippen molar-refractivity contribution < 1.29 is 0 Å². The molecule has 0 aliphatic carbocycles. The van der Waals surface area contributed by atoms with Crippen molar-refractivity contribution in [2.45, 2.75) is 46.3 Å². The molecular weight excluding hydrogens is 180 g/mol. The first-order valence-corrected chi connectivity index (χ1v) is 5.74. The second-order valence-corrected chi connectivity index (χ2v) is 5.00. The van der Waals surface area contributed by atoms with Gasteiger partial charge in [-0.15, -0.1) is 11.3 Å². The third kappa shape index (κ3) is 1.63. The van der Waals surface area contributed by atoms with Crippen molar-refractivity contribution in [3.05, 3.63) is 15.6 Å². The lowest BCUT2D eigenvalue weighted by atomic mass is 10.3.